The number of aromatic nitrogens is 2. The number of H-pyrrole nitrogens is 1. The summed E-state index contributed by atoms with van der Waals surface area (Å²) in [5, 5.41) is 10.3. The van der Waals surface area contributed by atoms with Crippen LogP contribution in [0.4, 0.5) is 0 Å². The fraction of sp³-hybridized carbons (Fsp3) is 0.0286. The van der Waals surface area contributed by atoms with Gasteiger partial charge in [-0.3, -0.25) is 0 Å². The lowest BCUT2D eigenvalue weighted by Crippen LogP contribution is -1.92. The Labute approximate surface area is 214 Å². The topological polar surface area (TPSA) is 20.7 Å². The molecule has 0 amide bonds. The Morgan fingerprint density at radius 2 is 1.32 bits per heavy atom. The van der Waals surface area contributed by atoms with Gasteiger partial charge in [-0.05, 0) is 88.1 Å². The molecule has 37 heavy (non-hydrogen) atoms. The molecule has 2 heterocycles. The number of hydrogen-bond acceptors (Lipinski definition) is 0. The van der Waals surface area contributed by atoms with Crippen LogP contribution in [0.25, 0.3) is 83.0 Å². The van der Waals surface area contributed by atoms with Crippen molar-refractivity contribution in [1.82, 2.24) is 9.55 Å². The van der Waals surface area contributed by atoms with Gasteiger partial charge in [0, 0.05) is 38.3 Å². The van der Waals surface area contributed by atoms with Crippen molar-refractivity contribution in [2.24, 2.45) is 0 Å². The zero-order valence-corrected chi connectivity index (χ0v) is 20.5. The maximum Gasteiger partial charge on any atom is 0.0549 e. The Hall–Kier alpha value is -4.82. The van der Waals surface area contributed by atoms with E-state index in [2.05, 4.69) is 126 Å². The molecule has 0 aliphatic carbocycles. The number of nitrogens with zero attached hydrogens (tertiary/aromatic N) is 1. The lowest BCUT2D eigenvalue weighted by molar-refractivity contribution is 1.18. The third-order valence-corrected chi connectivity index (χ3v) is 7.93. The summed E-state index contributed by atoms with van der Waals surface area (Å²) in [6, 6.07) is 33.3. The highest BCUT2D eigenvalue weighted by molar-refractivity contribution is 6.38. The fourth-order valence-electron chi connectivity index (χ4n) is 6.47. The summed E-state index contributed by atoms with van der Waals surface area (Å²) in [6.07, 6.45) is 6.26. The average molecular weight is 473 g/mol. The van der Waals surface area contributed by atoms with Crippen molar-refractivity contribution in [3.8, 4) is 5.69 Å². The highest BCUT2D eigenvalue weighted by Crippen LogP contribution is 2.46. The highest BCUT2D eigenvalue weighted by atomic mass is 15.0. The number of para-hydroxylation sites is 1. The van der Waals surface area contributed by atoms with E-state index in [0.29, 0.717) is 0 Å². The molecule has 6 aromatic carbocycles. The van der Waals surface area contributed by atoms with Crippen molar-refractivity contribution in [2.45, 2.75) is 6.92 Å². The predicted molar refractivity (Wildman–Crippen MR) is 161 cm³/mol. The molecule has 8 aromatic rings. The van der Waals surface area contributed by atoms with Gasteiger partial charge in [0.2, 0.25) is 0 Å². The third kappa shape index (κ3) is 2.59. The maximum atomic E-state index is 4.14. The van der Waals surface area contributed by atoms with Crippen molar-refractivity contribution in [3.63, 3.8) is 0 Å². The second kappa shape index (κ2) is 7.35. The molecule has 0 radical (unpaired) electrons. The molecule has 0 aliphatic rings. The molecule has 0 saturated carbocycles. The monoisotopic (exact) mass is 472 g/mol. The van der Waals surface area contributed by atoms with E-state index in [0.717, 1.165) is 5.56 Å². The first-order valence-corrected chi connectivity index (χ1v) is 12.8. The first kappa shape index (κ1) is 20.4. The summed E-state index contributed by atoms with van der Waals surface area (Å²) in [6.45, 7) is 6.21. The van der Waals surface area contributed by atoms with Gasteiger partial charge in [-0.25, -0.2) is 0 Å². The van der Waals surface area contributed by atoms with Crippen LogP contribution in [0, 0.1) is 0 Å². The summed E-state index contributed by atoms with van der Waals surface area (Å²) < 4.78 is 2.42. The lowest BCUT2D eigenvalue weighted by atomic mass is 9.92. The van der Waals surface area contributed by atoms with Crippen LogP contribution >= 0.6 is 0 Å². The fourth-order valence-corrected chi connectivity index (χ4v) is 6.47. The first-order chi connectivity index (χ1) is 18.3. The molecule has 0 fully saturated rings. The van der Waals surface area contributed by atoms with Crippen molar-refractivity contribution in [1.29, 1.82) is 0 Å². The van der Waals surface area contributed by atoms with Gasteiger partial charge >= 0.3 is 0 Å². The average Bonchev–Trinajstić information content (AvgIpc) is 3.48. The van der Waals surface area contributed by atoms with Crippen LogP contribution in [0.15, 0.2) is 104 Å². The van der Waals surface area contributed by atoms with Crippen molar-refractivity contribution in [3.05, 3.63) is 115 Å². The summed E-state index contributed by atoms with van der Waals surface area (Å²) in [4.78, 5) is 3.73. The molecule has 0 aliphatic heterocycles. The molecule has 2 aromatic heterocycles. The zero-order valence-electron chi connectivity index (χ0n) is 20.5. The van der Waals surface area contributed by atoms with Gasteiger partial charge in [-0.15, -0.1) is 0 Å². The third-order valence-electron chi connectivity index (χ3n) is 7.93. The smallest absolute Gasteiger partial charge is 0.0549 e. The molecule has 8 rings (SSSR count). The molecule has 0 unspecified atom stereocenters. The van der Waals surface area contributed by atoms with Crippen molar-refractivity contribution < 1.29 is 0 Å². The summed E-state index contributed by atoms with van der Waals surface area (Å²) in [5.74, 6) is 0. The van der Waals surface area contributed by atoms with E-state index >= 15 is 0 Å². The van der Waals surface area contributed by atoms with Gasteiger partial charge in [-0.1, -0.05) is 67.3 Å². The Bertz CT molecular complexity index is 2200. The second-order valence-corrected chi connectivity index (χ2v) is 9.84. The Kier molecular flexibility index (Phi) is 4.05. The van der Waals surface area contributed by atoms with E-state index in [1.807, 2.05) is 6.08 Å². The largest absolute Gasteiger partial charge is 0.354 e. The first-order valence-electron chi connectivity index (χ1n) is 12.8. The number of nitrogens with one attached hydrogen (secondary N) is 1. The van der Waals surface area contributed by atoms with Crippen molar-refractivity contribution >= 4 is 77.3 Å². The summed E-state index contributed by atoms with van der Waals surface area (Å²) in [7, 11) is 0. The quantitative estimate of drug-likeness (QED) is 0.264. The van der Waals surface area contributed by atoms with Crippen LogP contribution in [0.2, 0.25) is 0 Å². The molecule has 174 valence electrons. The van der Waals surface area contributed by atoms with E-state index in [1.54, 1.807) is 0 Å². The van der Waals surface area contributed by atoms with E-state index in [-0.39, 0.29) is 0 Å². The molecule has 2 heteroatoms. The van der Waals surface area contributed by atoms with Crippen LogP contribution in [0.3, 0.4) is 0 Å². The summed E-state index contributed by atoms with van der Waals surface area (Å²) >= 11 is 0. The highest BCUT2D eigenvalue weighted by Gasteiger charge is 2.21. The van der Waals surface area contributed by atoms with E-state index in [1.165, 1.54) is 76.4 Å². The minimum absolute atomic E-state index is 1.15. The number of fused-ring (bicyclic) bond motifs is 3. The van der Waals surface area contributed by atoms with Crippen LogP contribution in [-0.2, 0) is 0 Å². The molecular weight excluding hydrogens is 448 g/mol. The molecule has 0 bridgehead atoms. The molecule has 2 nitrogen and oxygen atoms in total. The van der Waals surface area contributed by atoms with Gasteiger partial charge in [0.25, 0.3) is 0 Å². The second-order valence-electron chi connectivity index (χ2n) is 9.84. The minimum Gasteiger partial charge on any atom is -0.354 e. The normalized spacial score (nSPS) is 12.5. The number of rotatable bonds is 3. The maximum absolute atomic E-state index is 4.14. The molecule has 0 spiro atoms. The van der Waals surface area contributed by atoms with Gasteiger partial charge in [-0.2, -0.15) is 0 Å². The Morgan fingerprint density at radius 1 is 0.622 bits per heavy atom. The van der Waals surface area contributed by atoms with Crippen LogP contribution in [0.1, 0.15) is 18.1 Å². The van der Waals surface area contributed by atoms with E-state index in [9.17, 15) is 0 Å². The molecule has 1 N–H and O–H groups in total. The Morgan fingerprint density at radius 3 is 2.11 bits per heavy atom. The van der Waals surface area contributed by atoms with Gasteiger partial charge < -0.3 is 9.55 Å². The number of hydrogen-bond donors (Lipinski definition) is 1. The lowest BCUT2D eigenvalue weighted by Gasteiger charge is -2.11. The standard InChI is InChI=1S/C35H24N2/c1-3-10-22-20-27-25-14-9-16-30-33(25)35-31(37(30)23-11-6-5-7-12-23)18-17-29-34(35)32-24(13-8-15-28(32)36-29)26(27)19-21(22)4-2/h3-20,36H,2H2,1H3/b10-3-,26-24?,27-25?. The van der Waals surface area contributed by atoms with Gasteiger partial charge in [0.05, 0.1) is 11.0 Å². The molecule has 0 atom stereocenters. The zero-order chi connectivity index (χ0) is 24.7. The van der Waals surface area contributed by atoms with Crippen LogP contribution < -0.4 is 0 Å². The summed E-state index contributed by atoms with van der Waals surface area (Å²) in [5.41, 5.74) is 8.32. The molecule has 0 saturated heterocycles. The van der Waals surface area contributed by atoms with Gasteiger partial charge in [0.15, 0.2) is 0 Å². The number of allylic oxidation sites excluding steroid dienone is 1. The number of benzene rings is 5. The predicted octanol–water partition coefficient (Wildman–Crippen LogP) is 9.84. The molecular formula is C35H24N2. The van der Waals surface area contributed by atoms with Gasteiger partial charge in [0.1, 0.15) is 0 Å². The van der Waals surface area contributed by atoms with Crippen LogP contribution in [-0.4, -0.2) is 9.55 Å². The van der Waals surface area contributed by atoms with E-state index in [4.69, 9.17) is 0 Å². The number of aromatic amines is 1. The minimum atomic E-state index is 1.15. The SMILES string of the molecule is C=Cc1cc2c(cc1/C=C\C)c1cccc3c1c1c4c(ccc1n3-c1ccccc1)[nH]c1cccc2c14. The van der Waals surface area contributed by atoms with Crippen LogP contribution in [0.5, 0.6) is 0 Å². The Balaban J connectivity index is 1.78. The van der Waals surface area contributed by atoms with E-state index < -0.39 is 0 Å². The van der Waals surface area contributed by atoms with Crippen molar-refractivity contribution in [2.75, 3.05) is 0 Å².